The van der Waals surface area contributed by atoms with Crippen molar-refractivity contribution in [1.29, 1.82) is 0 Å². The van der Waals surface area contributed by atoms with E-state index in [4.69, 9.17) is 16.3 Å². The van der Waals surface area contributed by atoms with Crippen LogP contribution in [0, 0.1) is 0 Å². The molecule has 1 aromatic carbocycles. The molecule has 0 amide bonds. The molecule has 5 heteroatoms. The zero-order valence-electron chi connectivity index (χ0n) is 7.82. The van der Waals surface area contributed by atoms with E-state index >= 15 is 0 Å². The molecule has 0 saturated carbocycles. The van der Waals surface area contributed by atoms with E-state index in [1.165, 1.54) is 18.4 Å². The maximum atomic E-state index is 10.9. The molecular formula is C10H7ClO3S. The first-order valence-electron chi connectivity index (χ1n) is 4.14. The summed E-state index contributed by atoms with van der Waals surface area (Å²) in [7, 11) is 1.27. The van der Waals surface area contributed by atoms with Gasteiger partial charge < -0.3 is 9.47 Å². The predicted molar refractivity (Wildman–Crippen MR) is 59.9 cm³/mol. The Labute approximate surface area is 95.2 Å². The van der Waals surface area contributed by atoms with Crippen molar-refractivity contribution < 1.29 is 14.3 Å². The van der Waals surface area contributed by atoms with E-state index in [1.54, 1.807) is 12.1 Å². The molecule has 78 valence electrons. The molecule has 0 fully saturated rings. The van der Waals surface area contributed by atoms with E-state index in [-0.39, 0.29) is 0 Å². The largest absolute Gasteiger partial charge is 0.514 e. The van der Waals surface area contributed by atoms with Gasteiger partial charge in [-0.15, -0.1) is 0 Å². The van der Waals surface area contributed by atoms with Crippen molar-refractivity contribution in [3.63, 3.8) is 0 Å². The number of methoxy groups -OCH3 is 1. The molecule has 3 nitrogen and oxygen atoms in total. The van der Waals surface area contributed by atoms with Gasteiger partial charge in [0, 0.05) is 6.07 Å². The molecule has 0 aliphatic rings. The Hall–Kier alpha value is -1.26. The number of carbonyl (C=O) groups excluding carboxylic acids is 1. The minimum Gasteiger partial charge on any atom is -0.437 e. The van der Waals surface area contributed by atoms with E-state index in [2.05, 4.69) is 4.74 Å². The van der Waals surface area contributed by atoms with Gasteiger partial charge >= 0.3 is 6.16 Å². The summed E-state index contributed by atoms with van der Waals surface area (Å²) < 4.78 is 10.2. The molecule has 15 heavy (non-hydrogen) atoms. The van der Waals surface area contributed by atoms with Gasteiger partial charge in [-0.1, -0.05) is 35.1 Å². The lowest BCUT2D eigenvalue weighted by Crippen LogP contribution is -2.05. The van der Waals surface area contributed by atoms with Crippen LogP contribution in [0.2, 0.25) is 5.02 Å². The number of thiophene rings is 1. The minimum atomic E-state index is -0.724. The van der Waals surface area contributed by atoms with Crippen LogP contribution in [-0.2, 0) is 4.74 Å². The fraction of sp³-hybridized carbons (Fsp3) is 0.100. The number of benzene rings is 1. The van der Waals surface area contributed by atoms with E-state index in [0.29, 0.717) is 10.1 Å². The zero-order chi connectivity index (χ0) is 10.8. The highest BCUT2D eigenvalue weighted by molar-refractivity contribution is 7.21. The number of rotatable bonds is 1. The standard InChI is InChI=1S/C10H7ClO3S/c1-13-10(12)14-8-5-6-3-2-4-7(11)9(6)15-8/h2-5H,1H3. The third kappa shape index (κ3) is 2.06. The number of halogens is 1. The molecule has 0 aliphatic carbocycles. The highest BCUT2D eigenvalue weighted by Gasteiger charge is 2.09. The lowest BCUT2D eigenvalue weighted by molar-refractivity contribution is 0.123. The normalized spacial score (nSPS) is 10.3. The van der Waals surface area contributed by atoms with Crippen molar-refractivity contribution in [1.82, 2.24) is 0 Å². The molecule has 2 aromatic rings. The summed E-state index contributed by atoms with van der Waals surface area (Å²) in [6, 6.07) is 7.30. The third-order valence-electron chi connectivity index (χ3n) is 1.82. The van der Waals surface area contributed by atoms with Gasteiger partial charge in [0.1, 0.15) is 0 Å². The van der Waals surface area contributed by atoms with Crippen LogP contribution in [0.3, 0.4) is 0 Å². The highest BCUT2D eigenvalue weighted by atomic mass is 35.5. The molecule has 2 rings (SSSR count). The monoisotopic (exact) mass is 242 g/mol. The summed E-state index contributed by atoms with van der Waals surface area (Å²) in [6.45, 7) is 0. The van der Waals surface area contributed by atoms with Gasteiger partial charge in [-0.25, -0.2) is 4.79 Å². The summed E-state index contributed by atoms with van der Waals surface area (Å²) in [5.41, 5.74) is 0. The first-order chi connectivity index (χ1) is 7.20. The topological polar surface area (TPSA) is 35.5 Å². The number of hydrogen-bond donors (Lipinski definition) is 0. The van der Waals surface area contributed by atoms with Crippen LogP contribution in [0.15, 0.2) is 24.3 Å². The summed E-state index contributed by atoms with van der Waals surface area (Å²) in [5, 5.41) is 2.08. The van der Waals surface area contributed by atoms with Crippen LogP contribution < -0.4 is 4.74 Å². The number of hydrogen-bond acceptors (Lipinski definition) is 4. The summed E-state index contributed by atoms with van der Waals surface area (Å²) in [6.07, 6.45) is -0.724. The SMILES string of the molecule is COC(=O)Oc1cc2cccc(Cl)c2s1. The van der Waals surface area contributed by atoms with Gasteiger partial charge in [0.25, 0.3) is 0 Å². The van der Waals surface area contributed by atoms with Gasteiger partial charge in [-0.05, 0) is 11.5 Å². The van der Waals surface area contributed by atoms with E-state index < -0.39 is 6.16 Å². The number of fused-ring (bicyclic) bond motifs is 1. The maximum absolute atomic E-state index is 10.9. The predicted octanol–water partition coefficient (Wildman–Crippen LogP) is 3.70. The molecule has 0 saturated heterocycles. The molecule has 0 atom stereocenters. The Morgan fingerprint density at radius 3 is 2.93 bits per heavy atom. The molecule has 0 N–H and O–H groups in total. The van der Waals surface area contributed by atoms with Gasteiger partial charge in [-0.2, -0.15) is 0 Å². The Balaban J connectivity index is 2.39. The van der Waals surface area contributed by atoms with Crippen molar-refractivity contribution >= 4 is 39.2 Å². The van der Waals surface area contributed by atoms with Crippen molar-refractivity contribution in [3.8, 4) is 5.06 Å². The smallest absolute Gasteiger partial charge is 0.437 e. The maximum Gasteiger partial charge on any atom is 0.514 e. The number of ether oxygens (including phenoxy) is 2. The summed E-state index contributed by atoms with van der Waals surface area (Å²) in [5.74, 6) is 0. The van der Waals surface area contributed by atoms with Crippen molar-refractivity contribution in [2.45, 2.75) is 0 Å². The van der Waals surface area contributed by atoms with Crippen LogP contribution in [-0.4, -0.2) is 13.3 Å². The second-order valence-electron chi connectivity index (χ2n) is 2.78. The summed E-state index contributed by atoms with van der Waals surface area (Å²) in [4.78, 5) is 10.9. The lowest BCUT2D eigenvalue weighted by atomic mass is 10.3. The van der Waals surface area contributed by atoms with Crippen LogP contribution in [0.25, 0.3) is 10.1 Å². The van der Waals surface area contributed by atoms with Crippen molar-refractivity contribution in [2.75, 3.05) is 7.11 Å². The quantitative estimate of drug-likeness (QED) is 0.716. The van der Waals surface area contributed by atoms with Crippen molar-refractivity contribution in [3.05, 3.63) is 29.3 Å². The Kier molecular flexibility index (Phi) is 2.79. The van der Waals surface area contributed by atoms with E-state index in [0.717, 1.165) is 10.1 Å². The molecule has 0 radical (unpaired) electrons. The zero-order valence-corrected chi connectivity index (χ0v) is 9.39. The average molecular weight is 243 g/mol. The molecule has 0 spiro atoms. The van der Waals surface area contributed by atoms with Gasteiger partial charge in [0.15, 0.2) is 5.06 Å². The fourth-order valence-electron chi connectivity index (χ4n) is 1.18. The molecular weight excluding hydrogens is 236 g/mol. The molecule has 1 aromatic heterocycles. The second kappa shape index (κ2) is 4.08. The average Bonchev–Trinajstić information content (AvgIpc) is 2.62. The lowest BCUT2D eigenvalue weighted by Gasteiger charge is -1.96. The van der Waals surface area contributed by atoms with Crippen molar-refractivity contribution in [2.24, 2.45) is 0 Å². The molecule has 0 aliphatic heterocycles. The second-order valence-corrected chi connectivity index (χ2v) is 4.20. The first kappa shape index (κ1) is 10.3. The minimum absolute atomic E-state index is 0.477. The van der Waals surface area contributed by atoms with Crippen LogP contribution in [0.1, 0.15) is 0 Å². The molecule has 0 bridgehead atoms. The Morgan fingerprint density at radius 1 is 1.47 bits per heavy atom. The van der Waals surface area contributed by atoms with Gasteiger partial charge in [0.05, 0.1) is 16.8 Å². The Bertz CT molecular complexity index is 506. The van der Waals surface area contributed by atoms with E-state index in [1.807, 2.05) is 12.1 Å². The van der Waals surface area contributed by atoms with Crippen LogP contribution in [0.4, 0.5) is 4.79 Å². The molecule has 0 unspecified atom stereocenters. The Morgan fingerprint density at radius 2 is 2.27 bits per heavy atom. The van der Waals surface area contributed by atoms with Crippen LogP contribution in [0.5, 0.6) is 5.06 Å². The number of carbonyl (C=O) groups is 1. The van der Waals surface area contributed by atoms with E-state index in [9.17, 15) is 4.79 Å². The first-order valence-corrected chi connectivity index (χ1v) is 5.34. The van der Waals surface area contributed by atoms with Crippen LogP contribution >= 0.6 is 22.9 Å². The fourth-order valence-corrected chi connectivity index (χ4v) is 2.38. The third-order valence-corrected chi connectivity index (χ3v) is 3.31. The van der Waals surface area contributed by atoms with Gasteiger partial charge in [0.2, 0.25) is 0 Å². The van der Waals surface area contributed by atoms with Gasteiger partial charge in [-0.3, -0.25) is 0 Å². The molecule has 1 heterocycles. The highest BCUT2D eigenvalue weighted by Crippen LogP contribution is 2.36. The summed E-state index contributed by atoms with van der Waals surface area (Å²) >= 11 is 7.29.